The van der Waals surface area contributed by atoms with Crippen LogP contribution in [0.2, 0.25) is 0 Å². The number of nitrogen functional groups attached to an aromatic ring is 1. The highest BCUT2D eigenvalue weighted by Crippen LogP contribution is 2.30. The molecule has 0 spiro atoms. The molecule has 0 aliphatic carbocycles. The van der Waals surface area contributed by atoms with Crippen LogP contribution in [0.1, 0.15) is 32.7 Å². The Bertz CT molecular complexity index is 1010. The van der Waals surface area contributed by atoms with E-state index in [0.29, 0.717) is 28.7 Å². The zero-order valence-electron chi connectivity index (χ0n) is 14.6. The van der Waals surface area contributed by atoms with Crippen LogP contribution in [0.5, 0.6) is 0 Å². The van der Waals surface area contributed by atoms with Crippen molar-refractivity contribution in [1.82, 2.24) is 9.88 Å². The van der Waals surface area contributed by atoms with E-state index in [0.717, 1.165) is 35.2 Å². The molecule has 3 N–H and O–H groups in total. The maximum absolute atomic E-state index is 13.0. The summed E-state index contributed by atoms with van der Waals surface area (Å²) in [5.74, 6) is -0.527. The number of likely N-dealkylation sites (tertiary alicyclic amines) is 1. The fraction of sp³-hybridized carbons (Fsp3) is 0.250. The number of carboxylic acid groups (broad SMARTS) is 1. The number of hydrogen-bond donors (Lipinski definition) is 2. The van der Waals surface area contributed by atoms with E-state index in [-0.39, 0.29) is 5.91 Å². The highest BCUT2D eigenvalue weighted by atomic mass is 32.1. The normalized spacial score (nSPS) is 16.7. The number of nitrogens with zero attached hydrogens (tertiary/aromatic N) is 2. The van der Waals surface area contributed by atoms with Crippen molar-refractivity contribution >= 4 is 38.6 Å². The first kappa shape index (κ1) is 17.5. The molecule has 1 aliphatic heterocycles. The van der Waals surface area contributed by atoms with Crippen LogP contribution in [0, 0.1) is 5.92 Å². The average molecular weight is 381 g/mol. The Morgan fingerprint density at radius 3 is 2.74 bits per heavy atom. The van der Waals surface area contributed by atoms with E-state index in [9.17, 15) is 9.59 Å². The molecule has 138 valence electrons. The summed E-state index contributed by atoms with van der Waals surface area (Å²) in [5.41, 5.74) is 8.60. The van der Waals surface area contributed by atoms with Crippen molar-refractivity contribution in [1.29, 1.82) is 0 Å². The summed E-state index contributed by atoms with van der Waals surface area (Å²) < 4.78 is 0.840. The summed E-state index contributed by atoms with van der Waals surface area (Å²) in [6, 6.07) is 12.5. The predicted octanol–water partition coefficient (Wildman–Crippen LogP) is 3.28. The number of hydrogen-bond acceptors (Lipinski definition) is 5. The second kappa shape index (κ2) is 7.00. The summed E-state index contributed by atoms with van der Waals surface area (Å²) in [6.45, 7) is 1.42. The Hall–Kier alpha value is -2.93. The number of aromatic carboxylic acids is 1. The number of carboxylic acids is 1. The maximum atomic E-state index is 13.0. The van der Waals surface area contributed by atoms with Gasteiger partial charge in [0.05, 0.1) is 21.3 Å². The van der Waals surface area contributed by atoms with E-state index >= 15 is 0 Å². The molecular weight excluding hydrogens is 362 g/mol. The first-order valence-electron chi connectivity index (χ1n) is 8.78. The zero-order chi connectivity index (χ0) is 19.0. The second-order valence-corrected chi connectivity index (χ2v) is 7.85. The van der Waals surface area contributed by atoms with Gasteiger partial charge in [0.2, 0.25) is 0 Å². The summed E-state index contributed by atoms with van der Waals surface area (Å²) in [6.07, 6.45) is 1.77. The van der Waals surface area contributed by atoms with Crippen molar-refractivity contribution in [3.8, 4) is 0 Å². The highest BCUT2D eigenvalue weighted by Gasteiger charge is 2.28. The standard InChI is InChI=1S/C20H19N3O3S/c21-20-22-16-3-1-2-15(17(16)27-20)18(24)23-9-8-13(11-23)10-12-4-6-14(7-5-12)19(25)26/h1-7,13H,8-11H2,(H2,21,22)(H,25,26). The summed E-state index contributed by atoms with van der Waals surface area (Å²) in [7, 11) is 0. The number of fused-ring (bicyclic) bond motifs is 1. The smallest absolute Gasteiger partial charge is 0.335 e. The lowest BCUT2D eigenvalue weighted by Gasteiger charge is -2.17. The molecule has 2 heterocycles. The van der Waals surface area contributed by atoms with Gasteiger partial charge in [0.15, 0.2) is 5.13 Å². The first-order valence-corrected chi connectivity index (χ1v) is 9.59. The van der Waals surface area contributed by atoms with Gasteiger partial charge in [-0.15, -0.1) is 0 Å². The predicted molar refractivity (Wildman–Crippen MR) is 105 cm³/mol. The van der Waals surface area contributed by atoms with Crippen LogP contribution in [0.4, 0.5) is 5.13 Å². The van der Waals surface area contributed by atoms with Gasteiger partial charge in [0, 0.05) is 13.1 Å². The van der Waals surface area contributed by atoms with Crippen LogP contribution in [-0.4, -0.2) is 40.0 Å². The third-order valence-corrected chi connectivity index (χ3v) is 5.89. The number of amides is 1. The summed E-state index contributed by atoms with van der Waals surface area (Å²) >= 11 is 1.34. The van der Waals surface area contributed by atoms with E-state index < -0.39 is 5.97 Å². The minimum absolute atomic E-state index is 0.0213. The van der Waals surface area contributed by atoms with Crippen LogP contribution >= 0.6 is 11.3 Å². The fourth-order valence-corrected chi connectivity index (χ4v) is 4.44. The molecular formula is C20H19N3O3S. The van der Waals surface area contributed by atoms with E-state index in [1.54, 1.807) is 12.1 Å². The first-order chi connectivity index (χ1) is 13.0. The monoisotopic (exact) mass is 381 g/mol. The number of thiazole rings is 1. The van der Waals surface area contributed by atoms with Crippen molar-refractivity contribution in [2.75, 3.05) is 18.8 Å². The van der Waals surface area contributed by atoms with Gasteiger partial charge >= 0.3 is 5.97 Å². The molecule has 1 saturated heterocycles. The van der Waals surface area contributed by atoms with Gasteiger partial charge < -0.3 is 15.7 Å². The molecule has 7 heteroatoms. The molecule has 6 nitrogen and oxygen atoms in total. The molecule has 1 amide bonds. The van der Waals surface area contributed by atoms with Gasteiger partial charge in [-0.3, -0.25) is 4.79 Å². The molecule has 2 aromatic carbocycles. The molecule has 1 aromatic heterocycles. The topological polar surface area (TPSA) is 96.5 Å². The van der Waals surface area contributed by atoms with Gasteiger partial charge in [-0.05, 0) is 48.6 Å². The zero-order valence-corrected chi connectivity index (χ0v) is 15.4. The van der Waals surface area contributed by atoms with Crippen molar-refractivity contribution in [3.05, 3.63) is 59.2 Å². The molecule has 3 aromatic rings. The number of anilines is 1. The highest BCUT2D eigenvalue weighted by molar-refractivity contribution is 7.22. The lowest BCUT2D eigenvalue weighted by Crippen LogP contribution is -2.29. The molecule has 1 unspecified atom stereocenters. The van der Waals surface area contributed by atoms with Crippen LogP contribution in [-0.2, 0) is 6.42 Å². The molecule has 1 aliphatic rings. The van der Waals surface area contributed by atoms with Crippen LogP contribution < -0.4 is 5.73 Å². The number of benzene rings is 2. The lowest BCUT2D eigenvalue weighted by atomic mass is 9.98. The van der Waals surface area contributed by atoms with Gasteiger partial charge in [-0.1, -0.05) is 29.5 Å². The number of carbonyl (C=O) groups is 2. The molecule has 0 saturated carbocycles. The second-order valence-electron chi connectivity index (χ2n) is 6.82. The minimum atomic E-state index is -0.919. The third kappa shape index (κ3) is 3.50. The van der Waals surface area contributed by atoms with Crippen LogP contribution in [0.15, 0.2) is 42.5 Å². The Labute approximate surface area is 160 Å². The van der Waals surface area contributed by atoms with E-state index in [1.165, 1.54) is 11.3 Å². The number of nitrogens with two attached hydrogens (primary N) is 1. The van der Waals surface area contributed by atoms with Crippen LogP contribution in [0.3, 0.4) is 0 Å². The Morgan fingerprint density at radius 2 is 2.00 bits per heavy atom. The minimum Gasteiger partial charge on any atom is -0.478 e. The van der Waals surface area contributed by atoms with Crippen molar-refractivity contribution in [3.63, 3.8) is 0 Å². The molecule has 0 bridgehead atoms. The van der Waals surface area contributed by atoms with E-state index in [4.69, 9.17) is 10.8 Å². The average Bonchev–Trinajstić information content (AvgIpc) is 3.26. The van der Waals surface area contributed by atoms with Gasteiger partial charge in [0.25, 0.3) is 5.91 Å². The van der Waals surface area contributed by atoms with Crippen molar-refractivity contribution in [2.45, 2.75) is 12.8 Å². The largest absolute Gasteiger partial charge is 0.478 e. The van der Waals surface area contributed by atoms with E-state index in [2.05, 4.69) is 4.98 Å². The van der Waals surface area contributed by atoms with Crippen molar-refractivity contribution in [2.24, 2.45) is 5.92 Å². The fourth-order valence-electron chi connectivity index (χ4n) is 3.61. The maximum Gasteiger partial charge on any atom is 0.335 e. The SMILES string of the molecule is Nc1nc2cccc(C(=O)N3CCC(Cc4ccc(C(=O)O)cc4)C3)c2s1. The van der Waals surface area contributed by atoms with E-state index in [1.807, 2.05) is 35.2 Å². The Kier molecular flexibility index (Phi) is 4.53. The summed E-state index contributed by atoms with van der Waals surface area (Å²) in [5, 5.41) is 9.45. The number of rotatable bonds is 4. The van der Waals surface area contributed by atoms with Gasteiger partial charge in [-0.2, -0.15) is 0 Å². The van der Waals surface area contributed by atoms with Crippen molar-refractivity contribution < 1.29 is 14.7 Å². The Balaban J connectivity index is 1.45. The molecule has 27 heavy (non-hydrogen) atoms. The Morgan fingerprint density at radius 1 is 1.22 bits per heavy atom. The molecule has 0 radical (unpaired) electrons. The molecule has 1 atom stereocenters. The third-order valence-electron chi connectivity index (χ3n) is 4.96. The number of carbonyl (C=O) groups excluding carboxylic acids is 1. The number of aromatic nitrogens is 1. The molecule has 4 rings (SSSR count). The summed E-state index contributed by atoms with van der Waals surface area (Å²) in [4.78, 5) is 30.1. The van der Waals surface area contributed by atoms with Gasteiger partial charge in [-0.25, -0.2) is 9.78 Å². The van der Waals surface area contributed by atoms with Gasteiger partial charge in [0.1, 0.15) is 0 Å². The quantitative estimate of drug-likeness (QED) is 0.723. The lowest BCUT2D eigenvalue weighted by molar-refractivity contribution is 0.0696. The molecule has 1 fully saturated rings. The van der Waals surface area contributed by atoms with Crippen LogP contribution in [0.25, 0.3) is 10.2 Å².